The first-order valence-corrected chi connectivity index (χ1v) is 16.8. The van der Waals surface area contributed by atoms with Gasteiger partial charge in [0.15, 0.2) is 11.3 Å². The lowest BCUT2D eigenvalue weighted by molar-refractivity contribution is -0.125. The Morgan fingerprint density at radius 2 is 1.38 bits per heavy atom. The van der Waals surface area contributed by atoms with Crippen LogP contribution >= 0.6 is 0 Å². The molecule has 4 aromatic rings. The average molecular weight is 683 g/mol. The summed E-state index contributed by atoms with van der Waals surface area (Å²) in [7, 11) is 0. The Morgan fingerprint density at radius 1 is 0.840 bits per heavy atom. The fraction of sp³-hybridized carbons (Fsp3) is 0.412. The predicted octanol–water partition coefficient (Wildman–Crippen LogP) is 2.20. The summed E-state index contributed by atoms with van der Waals surface area (Å²) in [6.45, 7) is 14.6. The van der Waals surface area contributed by atoms with Gasteiger partial charge in [-0.2, -0.15) is 0 Å². The van der Waals surface area contributed by atoms with Crippen molar-refractivity contribution >= 4 is 57.6 Å². The van der Waals surface area contributed by atoms with Gasteiger partial charge in [-0.1, -0.05) is 13.2 Å². The maximum Gasteiger partial charge on any atom is 0.255 e. The molecule has 16 nitrogen and oxygen atoms in total. The topological polar surface area (TPSA) is 206 Å². The monoisotopic (exact) mass is 682 g/mol. The first kappa shape index (κ1) is 34.1. The van der Waals surface area contributed by atoms with Gasteiger partial charge in [0.1, 0.15) is 22.7 Å². The normalized spacial score (nSPS) is 18.8. The zero-order valence-corrected chi connectivity index (χ0v) is 28.2. The minimum atomic E-state index is -0.182. The van der Waals surface area contributed by atoms with E-state index in [0.29, 0.717) is 77.8 Å². The number of nitrogens with zero attached hydrogens (tertiary/aromatic N) is 6. The Balaban J connectivity index is 0.000000174. The SMILES string of the molecule is C=CC(=O)N1CC(Nc2cnc3[nH]cc(C(=O)NCC)c3n2)C2(CC2)C1.C=CC(=O)N1CC[C@H](Nc2cnc3[nH]cc(C(=O)NCC)c3n2)C1. The summed E-state index contributed by atoms with van der Waals surface area (Å²) in [5.41, 5.74) is 3.29. The number of nitrogens with one attached hydrogen (secondary N) is 6. The highest BCUT2D eigenvalue weighted by atomic mass is 16.2. The van der Waals surface area contributed by atoms with Crippen molar-refractivity contribution in [3.05, 3.63) is 61.2 Å². The van der Waals surface area contributed by atoms with Gasteiger partial charge in [-0.3, -0.25) is 19.2 Å². The summed E-state index contributed by atoms with van der Waals surface area (Å²) in [5.74, 6) is 0.750. The van der Waals surface area contributed by atoms with E-state index in [-0.39, 0.29) is 41.1 Å². The van der Waals surface area contributed by atoms with Gasteiger partial charge in [0.25, 0.3) is 11.8 Å². The van der Waals surface area contributed by atoms with E-state index in [2.05, 4.69) is 64.3 Å². The largest absolute Gasteiger partial charge is 0.364 e. The van der Waals surface area contributed by atoms with Crippen molar-refractivity contribution in [2.24, 2.45) is 5.41 Å². The molecule has 6 N–H and O–H groups in total. The highest BCUT2D eigenvalue weighted by Gasteiger charge is 2.56. The number of hydrogen-bond donors (Lipinski definition) is 6. The van der Waals surface area contributed by atoms with Crippen molar-refractivity contribution in [1.29, 1.82) is 0 Å². The molecule has 7 rings (SSSR count). The molecular weight excluding hydrogens is 640 g/mol. The Hall–Kier alpha value is -5.80. The fourth-order valence-corrected chi connectivity index (χ4v) is 6.51. The Bertz CT molecular complexity index is 1950. The number of carbonyl (C=O) groups is 4. The van der Waals surface area contributed by atoms with Gasteiger partial charge in [-0.25, -0.2) is 19.9 Å². The van der Waals surface area contributed by atoms with Crippen molar-refractivity contribution in [2.75, 3.05) is 49.9 Å². The van der Waals surface area contributed by atoms with E-state index in [4.69, 9.17) is 0 Å². The number of amides is 4. The number of anilines is 2. The molecule has 1 spiro atoms. The maximum absolute atomic E-state index is 12.2. The average Bonchev–Trinajstić information content (AvgIpc) is 3.49. The van der Waals surface area contributed by atoms with Crippen molar-refractivity contribution < 1.29 is 19.2 Å². The molecule has 1 saturated carbocycles. The molecule has 2 atom stereocenters. The molecule has 4 aromatic heterocycles. The molecule has 0 bridgehead atoms. The summed E-state index contributed by atoms with van der Waals surface area (Å²) in [4.78, 5) is 75.1. The third-order valence-corrected chi connectivity index (χ3v) is 9.30. The van der Waals surface area contributed by atoms with Gasteiger partial charge in [0.2, 0.25) is 11.8 Å². The Kier molecular flexibility index (Phi) is 9.79. The van der Waals surface area contributed by atoms with E-state index >= 15 is 0 Å². The molecule has 1 aliphatic carbocycles. The van der Waals surface area contributed by atoms with E-state index in [1.54, 1.807) is 29.7 Å². The van der Waals surface area contributed by atoms with Crippen LogP contribution in [0.1, 0.15) is 53.8 Å². The third-order valence-electron chi connectivity index (χ3n) is 9.30. The van der Waals surface area contributed by atoms with Gasteiger partial charge >= 0.3 is 0 Å². The van der Waals surface area contributed by atoms with Gasteiger partial charge in [-0.05, 0) is 45.3 Å². The van der Waals surface area contributed by atoms with Crippen LogP contribution in [0.2, 0.25) is 0 Å². The van der Waals surface area contributed by atoms with Gasteiger partial charge in [0.05, 0.1) is 29.6 Å². The van der Waals surface area contributed by atoms with Crippen molar-refractivity contribution in [2.45, 2.75) is 45.2 Å². The van der Waals surface area contributed by atoms with E-state index in [1.165, 1.54) is 12.2 Å². The van der Waals surface area contributed by atoms with E-state index < -0.39 is 0 Å². The number of aromatic nitrogens is 6. The Labute approximate surface area is 288 Å². The minimum absolute atomic E-state index is 0.0359. The summed E-state index contributed by atoms with van der Waals surface area (Å²) < 4.78 is 0. The third kappa shape index (κ3) is 6.99. The molecule has 0 aromatic carbocycles. The number of H-pyrrole nitrogens is 2. The van der Waals surface area contributed by atoms with Crippen LogP contribution in [0.15, 0.2) is 50.1 Å². The first-order valence-electron chi connectivity index (χ1n) is 16.8. The van der Waals surface area contributed by atoms with Crippen LogP contribution in [0, 0.1) is 5.41 Å². The zero-order chi connectivity index (χ0) is 35.4. The number of carbonyl (C=O) groups excluding carboxylic acids is 4. The number of likely N-dealkylation sites (tertiary alicyclic amines) is 2. The number of hydrogen-bond acceptors (Lipinski definition) is 10. The van der Waals surface area contributed by atoms with Gasteiger partial charge in [0, 0.05) is 63.1 Å². The standard InChI is InChI=1S/C18H22N6O2.C16H20N6O2/c1-3-14(25)24-9-12(18(10-24)5-6-18)22-13-8-21-16-15(23-13)11(7-20-16)17(26)19-4-2;1-3-13(23)22-6-5-10(9-22)20-12-8-19-15-14(21-12)11(7-18-15)16(24)17-4-2/h3,7-8,12H,1,4-6,9-10H2,2H3,(H,19,26)(H,20,21)(H,22,23);3,7-8,10H,1,4-6,9H2,2H3,(H,17,24)(H,18,19)(H,20,21)/t;10-/m.0/s1. The van der Waals surface area contributed by atoms with Crippen molar-refractivity contribution in [3.63, 3.8) is 0 Å². The molecule has 3 fully saturated rings. The second-order valence-electron chi connectivity index (χ2n) is 12.6. The van der Waals surface area contributed by atoms with Gasteiger partial charge in [-0.15, -0.1) is 0 Å². The van der Waals surface area contributed by atoms with Crippen LogP contribution in [0.25, 0.3) is 22.3 Å². The molecular formula is C34H42N12O4. The number of rotatable bonds is 10. The van der Waals surface area contributed by atoms with E-state index in [9.17, 15) is 19.2 Å². The molecule has 2 saturated heterocycles. The summed E-state index contributed by atoms with van der Waals surface area (Å²) in [5, 5.41) is 12.3. The predicted molar refractivity (Wildman–Crippen MR) is 188 cm³/mol. The van der Waals surface area contributed by atoms with Crippen LogP contribution in [-0.2, 0) is 9.59 Å². The minimum Gasteiger partial charge on any atom is -0.364 e. The summed E-state index contributed by atoms with van der Waals surface area (Å²) in [6.07, 6.45) is 12.2. The van der Waals surface area contributed by atoms with Crippen LogP contribution in [0.5, 0.6) is 0 Å². The lowest BCUT2D eigenvalue weighted by Gasteiger charge is -2.18. The molecule has 16 heteroatoms. The lowest BCUT2D eigenvalue weighted by Crippen LogP contribution is -2.31. The molecule has 262 valence electrons. The van der Waals surface area contributed by atoms with E-state index in [0.717, 1.165) is 25.8 Å². The van der Waals surface area contributed by atoms with E-state index in [1.807, 2.05) is 18.7 Å². The molecule has 2 aliphatic heterocycles. The fourth-order valence-electron chi connectivity index (χ4n) is 6.51. The highest BCUT2D eigenvalue weighted by molar-refractivity contribution is 6.05. The second-order valence-corrected chi connectivity index (χ2v) is 12.6. The summed E-state index contributed by atoms with van der Waals surface area (Å²) in [6, 6.07) is 0.234. The highest BCUT2D eigenvalue weighted by Crippen LogP contribution is 2.53. The Morgan fingerprint density at radius 3 is 1.90 bits per heavy atom. The number of fused-ring (bicyclic) bond motifs is 2. The van der Waals surface area contributed by atoms with Crippen LogP contribution in [-0.4, -0.2) is 115 Å². The lowest BCUT2D eigenvalue weighted by atomic mass is 10.0. The smallest absolute Gasteiger partial charge is 0.255 e. The molecule has 50 heavy (non-hydrogen) atoms. The molecule has 3 aliphatic rings. The molecule has 6 heterocycles. The molecule has 4 amide bonds. The molecule has 1 unspecified atom stereocenters. The van der Waals surface area contributed by atoms with Crippen LogP contribution < -0.4 is 21.3 Å². The van der Waals surface area contributed by atoms with Crippen molar-refractivity contribution in [3.8, 4) is 0 Å². The second kappa shape index (κ2) is 14.4. The van der Waals surface area contributed by atoms with Crippen LogP contribution in [0.4, 0.5) is 11.6 Å². The maximum atomic E-state index is 12.2. The molecule has 0 radical (unpaired) electrons. The van der Waals surface area contributed by atoms with Gasteiger partial charge < -0.3 is 41.0 Å². The summed E-state index contributed by atoms with van der Waals surface area (Å²) >= 11 is 0. The quantitative estimate of drug-likeness (QED) is 0.135. The first-order chi connectivity index (χ1) is 24.2. The zero-order valence-electron chi connectivity index (χ0n) is 28.2. The van der Waals surface area contributed by atoms with Crippen molar-refractivity contribution in [1.82, 2.24) is 50.3 Å². The van der Waals surface area contributed by atoms with Crippen LogP contribution in [0.3, 0.4) is 0 Å². The number of aromatic amines is 2.